The first-order chi connectivity index (χ1) is 17.1. The zero-order chi connectivity index (χ0) is 24.9. The first-order valence-corrected chi connectivity index (χ1v) is 15.8. The summed E-state index contributed by atoms with van der Waals surface area (Å²) in [5, 5.41) is 2.43. The fourth-order valence-electron chi connectivity index (χ4n) is 6.28. The van der Waals surface area contributed by atoms with E-state index < -0.39 is 0 Å². The van der Waals surface area contributed by atoms with Crippen molar-refractivity contribution in [3.8, 4) is 11.1 Å². The van der Waals surface area contributed by atoms with Gasteiger partial charge in [0.2, 0.25) is 0 Å². The summed E-state index contributed by atoms with van der Waals surface area (Å²) < 4.78 is 0. The molecule has 0 saturated carbocycles. The molecular formula is C33H48Si2. The fraction of sp³-hybridized carbons (Fsp3) is 0.636. The molecular weight excluding hydrogens is 453 g/mol. The lowest BCUT2D eigenvalue weighted by molar-refractivity contribution is 0.397. The summed E-state index contributed by atoms with van der Waals surface area (Å²) in [4.78, 5) is 0. The second kappa shape index (κ2) is 15.2. The average Bonchev–Trinajstić information content (AvgIpc) is 3.11. The Kier molecular flexibility index (Phi) is 12.4. The highest BCUT2D eigenvalue weighted by atomic mass is 28.1. The van der Waals surface area contributed by atoms with Gasteiger partial charge < -0.3 is 0 Å². The SMILES string of the molecule is CCCCCCCCCCC1(CCCCCCCCCC)c2cc([Si])ccc2-c2ccc([Si])cc21. The van der Waals surface area contributed by atoms with Gasteiger partial charge in [0.15, 0.2) is 0 Å². The van der Waals surface area contributed by atoms with Crippen LogP contribution in [0.15, 0.2) is 36.4 Å². The lowest BCUT2D eigenvalue weighted by Gasteiger charge is -2.33. The summed E-state index contributed by atoms with van der Waals surface area (Å²) in [5.74, 6) is 0. The number of rotatable bonds is 18. The van der Waals surface area contributed by atoms with Crippen LogP contribution in [0.3, 0.4) is 0 Å². The van der Waals surface area contributed by atoms with Crippen LogP contribution in [-0.2, 0) is 5.41 Å². The van der Waals surface area contributed by atoms with Gasteiger partial charge in [0, 0.05) is 5.41 Å². The lowest BCUT2D eigenvalue weighted by Crippen LogP contribution is -2.27. The van der Waals surface area contributed by atoms with Gasteiger partial charge in [-0.1, -0.05) is 163 Å². The van der Waals surface area contributed by atoms with Gasteiger partial charge in [-0.25, -0.2) is 0 Å². The molecule has 0 amide bonds. The van der Waals surface area contributed by atoms with Gasteiger partial charge in [-0.2, -0.15) is 0 Å². The van der Waals surface area contributed by atoms with E-state index in [0.717, 1.165) is 0 Å². The Morgan fingerprint density at radius 1 is 0.486 bits per heavy atom. The molecule has 0 nitrogen and oxygen atoms in total. The first kappa shape index (κ1) is 28.4. The van der Waals surface area contributed by atoms with Crippen molar-refractivity contribution in [1.29, 1.82) is 0 Å². The van der Waals surface area contributed by atoms with Gasteiger partial charge in [-0.05, 0) is 35.1 Å². The molecule has 0 spiro atoms. The van der Waals surface area contributed by atoms with Crippen LogP contribution in [0, 0.1) is 0 Å². The fourth-order valence-corrected chi connectivity index (χ4v) is 6.74. The molecule has 0 saturated heterocycles. The van der Waals surface area contributed by atoms with Crippen LogP contribution >= 0.6 is 0 Å². The lowest BCUT2D eigenvalue weighted by atomic mass is 9.70. The van der Waals surface area contributed by atoms with E-state index in [0.29, 0.717) is 0 Å². The average molecular weight is 501 g/mol. The number of benzene rings is 2. The quantitative estimate of drug-likeness (QED) is 0.142. The number of unbranched alkanes of at least 4 members (excludes halogenated alkanes) is 14. The number of fused-ring (bicyclic) bond motifs is 3. The molecule has 0 bridgehead atoms. The van der Waals surface area contributed by atoms with E-state index >= 15 is 0 Å². The summed E-state index contributed by atoms with van der Waals surface area (Å²) in [7, 11) is 7.74. The van der Waals surface area contributed by atoms with Crippen LogP contribution in [0.25, 0.3) is 11.1 Å². The van der Waals surface area contributed by atoms with Crippen LogP contribution in [0.1, 0.15) is 141 Å². The van der Waals surface area contributed by atoms with E-state index in [9.17, 15) is 0 Å². The molecule has 1 aliphatic rings. The Bertz CT molecular complexity index is 811. The highest BCUT2D eigenvalue weighted by Crippen LogP contribution is 2.53. The maximum Gasteiger partial charge on any atom is 0.0711 e. The van der Waals surface area contributed by atoms with Crippen molar-refractivity contribution in [2.24, 2.45) is 0 Å². The molecule has 0 unspecified atom stereocenters. The topological polar surface area (TPSA) is 0 Å². The maximum absolute atomic E-state index is 3.87. The smallest absolute Gasteiger partial charge is 0.0670 e. The van der Waals surface area contributed by atoms with Crippen LogP contribution in [0.4, 0.5) is 0 Å². The van der Waals surface area contributed by atoms with Crippen molar-refractivity contribution in [2.75, 3.05) is 0 Å². The van der Waals surface area contributed by atoms with Crippen molar-refractivity contribution in [3.05, 3.63) is 47.5 Å². The third-order valence-electron chi connectivity index (χ3n) is 8.27. The van der Waals surface area contributed by atoms with Gasteiger partial charge in [-0.15, -0.1) is 0 Å². The van der Waals surface area contributed by atoms with Crippen LogP contribution in [-0.4, -0.2) is 20.5 Å². The molecule has 2 aromatic carbocycles. The number of hydrogen-bond donors (Lipinski definition) is 0. The summed E-state index contributed by atoms with van der Waals surface area (Å²) >= 11 is 0. The van der Waals surface area contributed by atoms with E-state index in [4.69, 9.17) is 0 Å². The Morgan fingerprint density at radius 3 is 1.20 bits per heavy atom. The molecule has 35 heavy (non-hydrogen) atoms. The normalized spacial score (nSPS) is 13.7. The van der Waals surface area contributed by atoms with E-state index in [-0.39, 0.29) is 5.41 Å². The summed E-state index contributed by atoms with van der Waals surface area (Å²) in [6.45, 7) is 4.61. The number of hydrogen-bond acceptors (Lipinski definition) is 0. The summed E-state index contributed by atoms with van der Waals surface area (Å²) in [6.07, 6.45) is 24.7. The van der Waals surface area contributed by atoms with Gasteiger partial charge >= 0.3 is 0 Å². The molecule has 1 aliphatic carbocycles. The van der Waals surface area contributed by atoms with Crippen molar-refractivity contribution in [1.82, 2.24) is 0 Å². The Morgan fingerprint density at radius 2 is 0.829 bits per heavy atom. The molecule has 0 fully saturated rings. The minimum atomic E-state index is 0.167. The summed E-state index contributed by atoms with van der Waals surface area (Å²) in [6, 6.07) is 14.0. The minimum Gasteiger partial charge on any atom is -0.0670 e. The molecule has 0 aliphatic heterocycles. The molecule has 0 atom stereocenters. The second-order valence-corrected chi connectivity index (χ2v) is 12.2. The molecule has 0 N–H and O–H groups in total. The van der Waals surface area contributed by atoms with E-state index in [2.05, 4.69) is 70.7 Å². The molecule has 2 heteroatoms. The monoisotopic (exact) mass is 500 g/mol. The Balaban J connectivity index is 1.70. The van der Waals surface area contributed by atoms with Crippen molar-refractivity contribution >= 4 is 30.9 Å². The van der Waals surface area contributed by atoms with Crippen LogP contribution < -0.4 is 10.4 Å². The zero-order valence-electron chi connectivity index (χ0n) is 22.7. The van der Waals surface area contributed by atoms with Gasteiger partial charge in [0.05, 0.1) is 20.5 Å². The second-order valence-electron chi connectivity index (χ2n) is 11.1. The predicted octanol–water partition coefficient (Wildman–Crippen LogP) is 8.60. The molecule has 0 heterocycles. The Hall–Kier alpha value is -1.13. The molecule has 0 aromatic heterocycles. The van der Waals surface area contributed by atoms with E-state index in [1.54, 1.807) is 11.1 Å². The van der Waals surface area contributed by atoms with E-state index in [1.165, 1.54) is 137 Å². The molecule has 3 rings (SSSR count). The van der Waals surface area contributed by atoms with Crippen molar-refractivity contribution in [3.63, 3.8) is 0 Å². The third kappa shape index (κ3) is 7.93. The van der Waals surface area contributed by atoms with Gasteiger partial charge in [0.25, 0.3) is 0 Å². The van der Waals surface area contributed by atoms with Crippen LogP contribution in [0.5, 0.6) is 0 Å². The predicted molar refractivity (Wildman–Crippen MR) is 158 cm³/mol. The van der Waals surface area contributed by atoms with Gasteiger partial charge in [-0.3, -0.25) is 0 Å². The van der Waals surface area contributed by atoms with Crippen molar-refractivity contribution < 1.29 is 0 Å². The Labute approximate surface area is 223 Å². The molecule has 188 valence electrons. The minimum absolute atomic E-state index is 0.167. The van der Waals surface area contributed by atoms with Gasteiger partial charge in [0.1, 0.15) is 0 Å². The zero-order valence-corrected chi connectivity index (χ0v) is 24.7. The molecule has 2 aromatic rings. The largest absolute Gasteiger partial charge is 0.0711 e. The van der Waals surface area contributed by atoms with E-state index in [1.807, 2.05) is 0 Å². The standard InChI is InChI=1S/C33H48Si2/c1-3-5-7-9-11-13-15-17-23-33(24-18-16-14-12-10-8-6-4-2)31-25-27(34)19-21-29(31)30-22-20-28(35)26-32(30)33/h19-22,25-26H,3-18,23-24H2,1-2H3. The highest BCUT2D eigenvalue weighted by molar-refractivity contribution is 6.33. The molecule has 6 radical (unpaired) electrons. The third-order valence-corrected chi connectivity index (χ3v) is 8.90. The van der Waals surface area contributed by atoms with Crippen LogP contribution in [0.2, 0.25) is 0 Å². The van der Waals surface area contributed by atoms with Crippen molar-refractivity contribution in [2.45, 2.75) is 135 Å². The highest BCUT2D eigenvalue weighted by Gasteiger charge is 2.42. The first-order valence-electron chi connectivity index (χ1n) is 14.8. The maximum atomic E-state index is 3.87. The summed E-state index contributed by atoms with van der Waals surface area (Å²) in [5.41, 5.74) is 6.24.